The minimum absolute atomic E-state index is 0.303. The third-order valence-electron chi connectivity index (χ3n) is 3.38. The molecule has 2 aromatic heterocycles. The van der Waals surface area contributed by atoms with E-state index < -0.39 is 0 Å². The number of benzene rings is 1. The number of aromatic nitrogens is 1. The van der Waals surface area contributed by atoms with Gasteiger partial charge in [-0.15, -0.1) is 0 Å². The van der Waals surface area contributed by atoms with Crippen molar-refractivity contribution < 1.29 is 9.21 Å². The molecule has 1 amide bonds. The van der Waals surface area contributed by atoms with Crippen LogP contribution in [0.25, 0.3) is 11.3 Å². The van der Waals surface area contributed by atoms with E-state index in [1.165, 1.54) is 6.21 Å². The first-order chi connectivity index (χ1) is 11.6. The van der Waals surface area contributed by atoms with E-state index in [4.69, 9.17) is 4.42 Å². The molecule has 5 nitrogen and oxygen atoms in total. The number of hydrazone groups is 1. The molecule has 0 aliphatic heterocycles. The molecule has 0 aliphatic rings. The highest BCUT2D eigenvalue weighted by molar-refractivity contribution is 9.10. The Morgan fingerprint density at radius 3 is 2.75 bits per heavy atom. The second kappa shape index (κ2) is 7.23. The number of carbonyl (C=O) groups is 1. The van der Waals surface area contributed by atoms with Gasteiger partial charge in [-0.05, 0) is 42.8 Å². The fraction of sp³-hybridized carbons (Fsp3) is 0.0556. The average Bonchev–Trinajstić information content (AvgIpc) is 3.07. The largest absolute Gasteiger partial charge is 0.455 e. The summed E-state index contributed by atoms with van der Waals surface area (Å²) in [5, 5.41) is 3.91. The van der Waals surface area contributed by atoms with Crippen LogP contribution in [0, 0.1) is 6.92 Å². The third kappa shape index (κ3) is 3.78. The molecule has 6 heteroatoms. The lowest BCUT2D eigenvalue weighted by molar-refractivity contribution is 0.0955. The molecule has 1 N–H and O–H groups in total. The van der Waals surface area contributed by atoms with Crippen molar-refractivity contribution in [3.05, 3.63) is 76.2 Å². The number of rotatable bonds is 4. The molecule has 0 bridgehead atoms. The quantitative estimate of drug-likeness (QED) is 0.542. The Bertz CT molecular complexity index is 888. The van der Waals surface area contributed by atoms with Gasteiger partial charge in [-0.1, -0.05) is 28.1 Å². The second-order valence-electron chi connectivity index (χ2n) is 5.10. The predicted molar refractivity (Wildman–Crippen MR) is 95.9 cm³/mol. The Balaban J connectivity index is 1.67. The molecule has 0 spiro atoms. The van der Waals surface area contributed by atoms with Gasteiger partial charge in [-0.25, -0.2) is 5.43 Å². The summed E-state index contributed by atoms with van der Waals surface area (Å²) in [5.74, 6) is 0.984. The van der Waals surface area contributed by atoms with Gasteiger partial charge in [0.2, 0.25) is 0 Å². The maximum absolute atomic E-state index is 11.8. The van der Waals surface area contributed by atoms with Gasteiger partial charge >= 0.3 is 0 Å². The number of aryl methyl sites for hydroxylation is 1. The van der Waals surface area contributed by atoms with Crippen molar-refractivity contribution in [1.82, 2.24) is 10.4 Å². The number of hydrogen-bond donors (Lipinski definition) is 1. The number of halogens is 1. The van der Waals surface area contributed by atoms with E-state index >= 15 is 0 Å². The Morgan fingerprint density at radius 2 is 2.00 bits per heavy atom. The molecular weight excluding hydrogens is 370 g/mol. The van der Waals surface area contributed by atoms with Crippen LogP contribution in [-0.2, 0) is 0 Å². The summed E-state index contributed by atoms with van der Waals surface area (Å²) in [5.41, 5.74) is 5.06. The first kappa shape index (κ1) is 16.1. The maximum atomic E-state index is 11.8. The molecule has 0 saturated carbocycles. The van der Waals surface area contributed by atoms with Crippen LogP contribution in [0.5, 0.6) is 0 Å². The second-order valence-corrected chi connectivity index (χ2v) is 5.96. The van der Waals surface area contributed by atoms with Crippen molar-refractivity contribution in [3.63, 3.8) is 0 Å². The van der Waals surface area contributed by atoms with E-state index in [0.717, 1.165) is 21.4 Å². The van der Waals surface area contributed by atoms with Crippen molar-refractivity contribution in [2.75, 3.05) is 0 Å². The first-order valence-corrected chi connectivity index (χ1v) is 8.02. The smallest absolute Gasteiger partial charge is 0.271 e. The van der Waals surface area contributed by atoms with Crippen LogP contribution >= 0.6 is 15.9 Å². The van der Waals surface area contributed by atoms with E-state index in [1.54, 1.807) is 30.6 Å². The fourth-order valence-electron chi connectivity index (χ4n) is 2.05. The molecule has 0 fully saturated rings. The summed E-state index contributed by atoms with van der Waals surface area (Å²) < 4.78 is 6.74. The van der Waals surface area contributed by atoms with Crippen LogP contribution in [0.15, 0.2) is 68.8 Å². The molecule has 0 atom stereocenters. The molecule has 0 radical (unpaired) electrons. The van der Waals surface area contributed by atoms with E-state index in [-0.39, 0.29) is 5.91 Å². The lowest BCUT2D eigenvalue weighted by atomic mass is 10.1. The molecular formula is C18H14BrN3O2. The summed E-state index contributed by atoms with van der Waals surface area (Å²) in [6.07, 6.45) is 4.57. The maximum Gasteiger partial charge on any atom is 0.271 e. The zero-order valence-electron chi connectivity index (χ0n) is 12.9. The van der Waals surface area contributed by atoms with Gasteiger partial charge in [0, 0.05) is 28.0 Å². The monoisotopic (exact) mass is 383 g/mol. The standard InChI is InChI=1S/C18H14BrN3O2/c1-12-2-3-14(10-16(12)19)17-5-4-15(24-17)11-21-22-18(23)13-6-8-20-9-7-13/h2-11H,1H3,(H,22,23)/b21-11+. The predicted octanol–water partition coefficient (Wildman–Crippen LogP) is 4.18. The molecule has 120 valence electrons. The summed E-state index contributed by atoms with van der Waals surface area (Å²) in [7, 11) is 0. The summed E-state index contributed by atoms with van der Waals surface area (Å²) in [6.45, 7) is 2.03. The fourth-order valence-corrected chi connectivity index (χ4v) is 2.42. The van der Waals surface area contributed by atoms with Gasteiger partial charge in [-0.3, -0.25) is 9.78 Å². The van der Waals surface area contributed by atoms with Crippen molar-refractivity contribution in [3.8, 4) is 11.3 Å². The summed E-state index contributed by atoms with van der Waals surface area (Å²) >= 11 is 3.51. The highest BCUT2D eigenvalue weighted by Gasteiger charge is 2.06. The lowest BCUT2D eigenvalue weighted by Crippen LogP contribution is -2.17. The normalized spacial score (nSPS) is 10.9. The average molecular weight is 384 g/mol. The molecule has 3 rings (SSSR count). The van der Waals surface area contributed by atoms with Gasteiger partial charge in [0.1, 0.15) is 11.5 Å². The Hall–Kier alpha value is -2.73. The number of carbonyl (C=O) groups excluding carboxylic acids is 1. The number of hydrogen-bond acceptors (Lipinski definition) is 4. The zero-order chi connectivity index (χ0) is 16.9. The van der Waals surface area contributed by atoms with Crippen molar-refractivity contribution in [2.24, 2.45) is 5.10 Å². The van der Waals surface area contributed by atoms with E-state index in [0.29, 0.717) is 11.3 Å². The number of pyridine rings is 1. The Kier molecular flexibility index (Phi) is 4.86. The van der Waals surface area contributed by atoms with Crippen LogP contribution in [0.1, 0.15) is 21.7 Å². The van der Waals surface area contributed by atoms with Gasteiger partial charge in [0.15, 0.2) is 0 Å². The summed E-state index contributed by atoms with van der Waals surface area (Å²) in [4.78, 5) is 15.7. The van der Waals surface area contributed by atoms with Crippen LogP contribution in [0.3, 0.4) is 0 Å². The van der Waals surface area contributed by atoms with Crippen molar-refractivity contribution in [2.45, 2.75) is 6.92 Å². The third-order valence-corrected chi connectivity index (χ3v) is 4.24. The van der Waals surface area contributed by atoms with Gasteiger partial charge in [0.05, 0.1) is 6.21 Å². The number of nitrogens with one attached hydrogen (secondary N) is 1. The van der Waals surface area contributed by atoms with Crippen molar-refractivity contribution >= 4 is 28.1 Å². The molecule has 0 unspecified atom stereocenters. The van der Waals surface area contributed by atoms with E-state index in [1.807, 2.05) is 31.2 Å². The van der Waals surface area contributed by atoms with Gasteiger partial charge in [0.25, 0.3) is 5.91 Å². The number of amides is 1. The minimum Gasteiger partial charge on any atom is -0.455 e. The van der Waals surface area contributed by atoms with E-state index in [9.17, 15) is 4.79 Å². The molecule has 24 heavy (non-hydrogen) atoms. The lowest BCUT2D eigenvalue weighted by Gasteiger charge is -2.01. The molecule has 1 aromatic carbocycles. The number of furan rings is 1. The number of nitrogens with zero attached hydrogens (tertiary/aromatic N) is 2. The Labute approximate surface area is 147 Å². The van der Waals surface area contributed by atoms with Crippen LogP contribution in [0.2, 0.25) is 0 Å². The van der Waals surface area contributed by atoms with Crippen molar-refractivity contribution in [1.29, 1.82) is 0 Å². The molecule has 3 aromatic rings. The zero-order valence-corrected chi connectivity index (χ0v) is 14.4. The van der Waals surface area contributed by atoms with Crippen LogP contribution in [-0.4, -0.2) is 17.1 Å². The molecule has 0 aliphatic carbocycles. The van der Waals surface area contributed by atoms with Crippen LogP contribution in [0.4, 0.5) is 0 Å². The topological polar surface area (TPSA) is 67.5 Å². The minimum atomic E-state index is -0.303. The van der Waals surface area contributed by atoms with E-state index in [2.05, 4.69) is 31.4 Å². The van der Waals surface area contributed by atoms with Crippen LogP contribution < -0.4 is 5.43 Å². The van der Waals surface area contributed by atoms with Gasteiger partial charge in [-0.2, -0.15) is 5.10 Å². The molecule has 0 saturated heterocycles. The highest BCUT2D eigenvalue weighted by atomic mass is 79.9. The molecule has 2 heterocycles. The summed E-state index contributed by atoms with van der Waals surface area (Å²) in [6, 6.07) is 12.9. The van der Waals surface area contributed by atoms with Gasteiger partial charge < -0.3 is 4.42 Å². The highest BCUT2D eigenvalue weighted by Crippen LogP contribution is 2.26. The Morgan fingerprint density at radius 1 is 1.21 bits per heavy atom. The first-order valence-electron chi connectivity index (χ1n) is 7.23. The SMILES string of the molecule is Cc1ccc(-c2ccc(/C=N/NC(=O)c3ccncc3)o2)cc1Br.